The maximum Gasteiger partial charge on any atom is 0.314 e. The number of carbonyl (C=O) groups is 1. The Hall–Kier alpha value is -1.51. The molecule has 92 valence electrons. The molecule has 1 aliphatic rings. The van der Waals surface area contributed by atoms with Crippen LogP contribution < -0.4 is 4.74 Å². The summed E-state index contributed by atoms with van der Waals surface area (Å²) in [5.41, 5.74) is 2.39. The maximum absolute atomic E-state index is 11.5. The number of hydrogen-bond acceptors (Lipinski definition) is 2. The number of carboxylic acids is 1. The fourth-order valence-electron chi connectivity index (χ4n) is 2.66. The predicted octanol–water partition coefficient (Wildman–Crippen LogP) is 2.82. The van der Waals surface area contributed by atoms with E-state index in [1.807, 2.05) is 26.0 Å². The molecule has 0 atom stereocenters. The molecule has 0 bridgehead atoms. The third kappa shape index (κ3) is 1.61. The van der Waals surface area contributed by atoms with E-state index < -0.39 is 11.4 Å². The Morgan fingerprint density at radius 2 is 1.94 bits per heavy atom. The molecule has 1 aromatic carbocycles. The van der Waals surface area contributed by atoms with Crippen molar-refractivity contribution in [2.24, 2.45) is 0 Å². The van der Waals surface area contributed by atoms with Crippen LogP contribution >= 0.6 is 0 Å². The molecular weight excluding hydrogens is 216 g/mol. The first-order valence-electron chi connectivity index (χ1n) is 5.91. The van der Waals surface area contributed by atoms with Crippen LogP contribution in [0.5, 0.6) is 5.75 Å². The number of methoxy groups -OCH3 is 1. The van der Waals surface area contributed by atoms with Gasteiger partial charge in [-0.2, -0.15) is 0 Å². The van der Waals surface area contributed by atoms with E-state index in [0.29, 0.717) is 0 Å². The fourth-order valence-corrected chi connectivity index (χ4v) is 2.66. The van der Waals surface area contributed by atoms with Crippen LogP contribution in [0.2, 0.25) is 0 Å². The van der Waals surface area contributed by atoms with Crippen LogP contribution in [-0.4, -0.2) is 18.2 Å². The number of carboxylic acid groups (broad SMARTS) is 1. The van der Waals surface area contributed by atoms with Crippen molar-refractivity contribution in [1.82, 2.24) is 0 Å². The van der Waals surface area contributed by atoms with Gasteiger partial charge in [0.1, 0.15) is 5.75 Å². The van der Waals surface area contributed by atoms with Crippen LogP contribution in [0.4, 0.5) is 0 Å². The van der Waals surface area contributed by atoms with Gasteiger partial charge in [-0.25, -0.2) is 0 Å². The van der Waals surface area contributed by atoms with E-state index in [1.54, 1.807) is 7.11 Å². The molecule has 0 spiro atoms. The summed E-state index contributed by atoms with van der Waals surface area (Å²) in [4.78, 5) is 11.5. The van der Waals surface area contributed by atoms with Gasteiger partial charge < -0.3 is 9.84 Å². The Balaban J connectivity index is 2.53. The molecule has 1 N–H and O–H groups in total. The van der Waals surface area contributed by atoms with Crippen molar-refractivity contribution < 1.29 is 14.6 Å². The highest BCUT2D eigenvalue weighted by molar-refractivity contribution is 5.83. The van der Waals surface area contributed by atoms with Crippen molar-refractivity contribution in [1.29, 1.82) is 0 Å². The second-order valence-electron chi connectivity index (χ2n) is 4.81. The van der Waals surface area contributed by atoms with Crippen molar-refractivity contribution in [3.05, 3.63) is 28.8 Å². The lowest BCUT2D eigenvalue weighted by Crippen LogP contribution is -2.43. The van der Waals surface area contributed by atoms with E-state index in [0.717, 1.165) is 41.7 Å². The lowest BCUT2D eigenvalue weighted by atomic mass is 9.63. The average Bonchev–Trinajstić information content (AvgIpc) is 2.22. The average molecular weight is 234 g/mol. The van der Waals surface area contributed by atoms with Gasteiger partial charge in [0.15, 0.2) is 0 Å². The number of hydrogen-bond donors (Lipinski definition) is 1. The number of aliphatic carboxylic acids is 1. The minimum absolute atomic E-state index is 0.652. The van der Waals surface area contributed by atoms with Crippen molar-refractivity contribution in [3.8, 4) is 5.75 Å². The fraction of sp³-hybridized carbons (Fsp3) is 0.500. The highest BCUT2D eigenvalue weighted by Gasteiger charge is 2.46. The second kappa shape index (κ2) is 4.06. The molecule has 0 aromatic heterocycles. The topological polar surface area (TPSA) is 46.5 Å². The lowest BCUT2D eigenvalue weighted by molar-refractivity contribution is -0.147. The van der Waals surface area contributed by atoms with Crippen LogP contribution in [0.15, 0.2) is 12.1 Å². The zero-order chi connectivity index (χ0) is 12.6. The SMILES string of the molecule is COc1ccc(C2(C(=O)O)CCC2)c(C)c1C. The highest BCUT2D eigenvalue weighted by atomic mass is 16.5. The third-order valence-corrected chi connectivity index (χ3v) is 4.09. The van der Waals surface area contributed by atoms with E-state index in [9.17, 15) is 9.90 Å². The standard InChI is InChI=1S/C14H18O3/c1-9-10(2)12(17-3)6-5-11(9)14(13(15)16)7-4-8-14/h5-6H,4,7-8H2,1-3H3,(H,15,16). The van der Waals surface area contributed by atoms with Crippen molar-refractivity contribution in [2.45, 2.75) is 38.5 Å². The van der Waals surface area contributed by atoms with Gasteiger partial charge >= 0.3 is 5.97 Å². The Morgan fingerprint density at radius 3 is 2.35 bits per heavy atom. The Morgan fingerprint density at radius 1 is 1.29 bits per heavy atom. The molecule has 0 heterocycles. The van der Waals surface area contributed by atoms with Gasteiger partial charge in [0.25, 0.3) is 0 Å². The molecule has 3 nitrogen and oxygen atoms in total. The minimum atomic E-state index is -0.698. The summed E-state index contributed by atoms with van der Waals surface area (Å²) in [6.07, 6.45) is 2.49. The first kappa shape index (κ1) is 12.0. The van der Waals surface area contributed by atoms with Gasteiger partial charge in [-0.15, -0.1) is 0 Å². The van der Waals surface area contributed by atoms with E-state index in [1.165, 1.54) is 0 Å². The summed E-state index contributed by atoms with van der Waals surface area (Å²) < 4.78 is 5.26. The second-order valence-corrected chi connectivity index (χ2v) is 4.81. The van der Waals surface area contributed by atoms with Crippen molar-refractivity contribution in [2.75, 3.05) is 7.11 Å². The molecule has 1 saturated carbocycles. The Bertz CT molecular complexity index is 459. The molecule has 17 heavy (non-hydrogen) atoms. The summed E-state index contributed by atoms with van der Waals surface area (Å²) in [7, 11) is 1.64. The molecule has 1 aliphatic carbocycles. The van der Waals surface area contributed by atoms with Gasteiger partial charge in [-0.1, -0.05) is 12.5 Å². The Labute approximate surface area is 101 Å². The molecule has 0 saturated heterocycles. The first-order chi connectivity index (χ1) is 8.03. The first-order valence-corrected chi connectivity index (χ1v) is 5.91. The van der Waals surface area contributed by atoms with Gasteiger partial charge in [0, 0.05) is 0 Å². The van der Waals surface area contributed by atoms with E-state index in [-0.39, 0.29) is 0 Å². The van der Waals surface area contributed by atoms with Gasteiger partial charge in [-0.05, 0) is 49.4 Å². The molecule has 1 aromatic rings. The summed E-state index contributed by atoms with van der Waals surface area (Å²) in [6, 6.07) is 3.79. The zero-order valence-corrected chi connectivity index (χ0v) is 10.5. The van der Waals surface area contributed by atoms with Crippen LogP contribution in [-0.2, 0) is 10.2 Å². The molecule has 0 aliphatic heterocycles. The van der Waals surface area contributed by atoms with Crippen LogP contribution in [0.1, 0.15) is 36.0 Å². The van der Waals surface area contributed by atoms with E-state index >= 15 is 0 Å². The zero-order valence-electron chi connectivity index (χ0n) is 10.5. The third-order valence-electron chi connectivity index (χ3n) is 4.09. The molecular formula is C14H18O3. The monoisotopic (exact) mass is 234 g/mol. The van der Waals surface area contributed by atoms with Crippen molar-refractivity contribution >= 4 is 5.97 Å². The van der Waals surface area contributed by atoms with Crippen LogP contribution in [0.3, 0.4) is 0 Å². The number of benzene rings is 1. The van der Waals surface area contributed by atoms with Gasteiger partial charge in [-0.3, -0.25) is 4.79 Å². The molecule has 0 amide bonds. The molecule has 3 heteroatoms. The summed E-state index contributed by atoms with van der Waals surface area (Å²) in [5, 5.41) is 9.45. The van der Waals surface area contributed by atoms with Gasteiger partial charge in [0.2, 0.25) is 0 Å². The Kier molecular flexibility index (Phi) is 2.86. The maximum atomic E-state index is 11.5. The molecule has 0 unspecified atom stereocenters. The molecule has 1 fully saturated rings. The van der Waals surface area contributed by atoms with Crippen molar-refractivity contribution in [3.63, 3.8) is 0 Å². The quantitative estimate of drug-likeness (QED) is 0.874. The van der Waals surface area contributed by atoms with Crippen LogP contribution in [0.25, 0.3) is 0 Å². The minimum Gasteiger partial charge on any atom is -0.496 e. The number of rotatable bonds is 3. The lowest BCUT2D eigenvalue weighted by Gasteiger charge is -2.39. The van der Waals surface area contributed by atoms with E-state index in [4.69, 9.17) is 4.74 Å². The predicted molar refractivity (Wildman–Crippen MR) is 65.6 cm³/mol. The normalized spacial score (nSPS) is 17.4. The molecule has 0 radical (unpaired) electrons. The smallest absolute Gasteiger partial charge is 0.314 e. The summed E-state index contributed by atoms with van der Waals surface area (Å²) in [6.45, 7) is 3.96. The van der Waals surface area contributed by atoms with Gasteiger partial charge in [0.05, 0.1) is 12.5 Å². The van der Waals surface area contributed by atoms with Crippen LogP contribution in [0, 0.1) is 13.8 Å². The largest absolute Gasteiger partial charge is 0.496 e. The summed E-state index contributed by atoms with van der Waals surface area (Å²) >= 11 is 0. The molecule has 2 rings (SSSR count). The number of ether oxygens (including phenoxy) is 1. The highest BCUT2D eigenvalue weighted by Crippen LogP contribution is 2.46. The van der Waals surface area contributed by atoms with E-state index in [2.05, 4.69) is 0 Å². The summed E-state index contributed by atoms with van der Waals surface area (Å²) in [5.74, 6) is 0.127.